The monoisotopic (exact) mass is 358 g/mol. The molecule has 0 amide bonds. The fourth-order valence-corrected chi connectivity index (χ4v) is 3.29. The van der Waals surface area contributed by atoms with Crippen LogP contribution in [0.15, 0.2) is 16.6 Å². The highest BCUT2D eigenvalue weighted by Crippen LogP contribution is 2.32. The smallest absolute Gasteiger partial charge is 0.268 e. The second-order valence-electron chi connectivity index (χ2n) is 4.09. The van der Waals surface area contributed by atoms with E-state index in [-0.39, 0.29) is 21.1 Å². The third-order valence-corrected chi connectivity index (χ3v) is 3.87. The molecule has 0 aliphatic carbocycles. The number of rotatable bonds is 5. The summed E-state index contributed by atoms with van der Waals surface area (Å²) in [5, 5.41) is -0.0169. The van der Waals surface area contributed by atoms with Gasteiger partial charge in [-0.2, -0.15) is 13.1 Å². The molecule has 102 valence electrons. The molecule has 0 aromatic heterocycles. The summed E-state index contributed by atoms with van der Waals surface area (Å²) in [6.45, 7) is 4.05. The summed E-state index contributed by atoms with van der Waals surface area (Å²) in [6.07, 6.45) is 0. The molecule has 0 atom stereocenters. The van der Waals surface area contributed by atoms with Crippen LogP contribution < -0.4 is 9.44 Å². The summed E-state index contributed by atoms with van der Waals surface area (Å²) < 4.78 is 41.2. The van der Waals surface area contributed by atoms with Crippen LogP contribution in [-0.2, 0) is 10.2 Å². The molecule has 18 heavy (non-hydrogen) atoms. The van der Waals surface area contributed by atoms with E-state index in [1.165, 1.54) is 0 Å². The van der Waals surface area contributed by atoms with E-state index in [9.17, 15) is 12.8 Å². The predicted octanol–water partition coefficient (Wildman–Crippen LogP) is 3.14. The van der Waals surface area contributed by atoms with Crippen molar-refractivity contribution < 1.29 is 12.8 Å². The minimum Gasteiger partial charge on any atom is -0.268 e. The molecule has 0 radical (unpaired) electrons. The van der Waals surface area contributed by atoms with Crippen molar-refractivity contribution in [2.75, 3.05) is 11.3 Å². The van der Waals surface area contributed by atoms with Crippen molar-refractivity contribution in [1.82, 2.24) is 4.72 Å². The maximum Gasteiger partial charge on any atom is 0.299 e. The van der Waals surface area contributed by atoms with Gasteiger partial charge in [0.1, 0.15) is 5.82 Å². The molecule has 0 unspecified atom stereocenters. The minimum atomic E-state index is -3.72. The van der Waals surface area contributed by atoms with Gasteiger partial charge in [0.05, 0.1) is 10.7 Å². The molecule has 1 aromatic carbocycles. The van der Waals surface area contributed by atoms with Crippen LogP contribution in [0.25, 0.3) is 0 Å². The number of hydrogen-bond acceptors (Lipinski definition) is 2. The first-order valence-corrected chi connectivity index (χ1v) is 7.78. The predicted molar refractivity (Wildman–Crippen MR) is 74.5 cm³/mol. The Morgan fingerprint density at radius 1 is 1.44 bits per heavy atom. The van der Waals surface area contributed by atoms with Gasteiger partial charge in [-0.1, -0.05) is 25.4 Å². The number of anilines is 1. The standard InChI is InChI=1S/C10H13BrClFN2O2S/c1-6(2)5-14-18(16,17)15-10-8(11)3-7(13)4-9(10)12/h3-4,6,14-15H,5H2,1-2H3. The van der Waals surface area contributed by atoms with Gasteiger partial charge in [0.2, 0.25) is 0 Å². The Morgan fingerprint density at radius 2 is 2.06 bits per heavy atom. The Balaban J connectivity index is 2.91. The number of halogens is 3. The molecule has 0 saturated carbocycles. The van der Waals surface area contributed by atoms with Gasteiger partial charge in [-0.15, -0.1) is 0 Å². The molecule has 0 saturated heterocycles. The Kier molecular flexibility index (Phi) is 5.39. The third kappa shape index (κ3) is 4.72. The molecule has 1 rings (SSSR count). The normalized spacial score (nSPS) is 11.9. The van der Waals surface area contributed by atoms with Gasteiger partial charge < -0.3 is 0 Å². The minimum absolute atomic E-state index is 0.0169. The van der Waals surface area contributed by atoms with Gasteiger partial charge >= 0.3 is 0 Å². The van der Waals surface area contributed by atoms with Gasteiger partial charge in [-0.05, 0) is 34.0 Å². The van der Waals surface area contributed by atoms with Crippen LogP contribution in [0.3, 0.4) is 0 Å². The van der Waals surface area contributed by atoms with Crippen LogP contribution in [0, 0.1) is 11.7 Å². The largest absolute Gasteiger partial charge is 0.299 e. The first-order valence-electron chi connectivity index (χ1n) is 5.13. The van der Waals surface area contributed by atoms with Crippen molar-refractivity contribution in [1.29, 1.82) is 0 Å². The van der Waals surface area contributed by atoms with E-state index in [1.54, 1.807) is 0 Å². The van der Waals surface area contributed by atoms with Crippen molar-refractivity contribution >= 4 is 43.4 Å². The molecule has 0 aliphatic rings. The fourth-order valence-electron chi connectivity index (χ4n) is 1.09. The highest BCUT2D eigenvalue weighted by molar-refractivity contribution is 9.10. The van der Waals surface area contributed by atoms with Gasteiger partial charge in [0.25, 0.3) is 10.2 Å². The maximum absolute atomic E-state index is 13.0. The van der Waals surface area contributed by atoms with Crippen molar-refractivity contribution in [2.45, 2.75) is 13.8 Å². The van der Waals surface area contributed by atoms with E-state index in [0.717, 1.165) is 12.1 Å². The van der Waals surface area contributed by atoms with E-state index in [0.29, 0.717) is 6.54 Å². The third-order valence-electron chi connectivity index (χ3n) is 1.92. The zero-order chi connectivity index (χ0) is 13.9. The summed E-state index contributed by atoms with van der Waals surface area (Å²) in [4.78, 5) is 0. The molecule has 1 aromatic rings. The lowest BCUT2D eigenvalue weighted by Gasteiger charge is -2.13. The Bertz CT molecular complexity index is 514. The van der Waals surface area contributed by atoms with Crippen LogP contribution in [0.5, 0.6) is 0 Å². The number of hydrogen-bond donors (Lipinski definition) is 2. The molecular weight excluding hydrogens is 347 g/mol. The molecular formula is C10H13BrClFN2O2S. The second-order valence-corrected chi connectivity index (χ2v) is 6.85. The summed E-state index contributed by atoms with van der Waals surface area (Å²) in [6, 6.07) is 2.17. The zero-order valence-electron chi connectivity index (χ0n) is 9.80. The van der Waals surface area contributed by atoms with Crippen molar-refractivity contribution in [3.63, 3.8) is 0 Å². The fraction of sp³-hybridized carbons (Fsp3) is 0.400. The molecule has 0 aliphatic heterocycles. The van der Waals surface area contributed by atoms with Crippen LogP contribution in [0.4, 0.5) is 10.1 Å². The maximum atomic E-state index is 13.0. The highest BCUT2D eigenvalue weighted by Gasteiger charge is 2.15. The van der Waals surface area contributed by atoms with E-state index in [4.69, 9.17) is 11.6 Å². The van der Waals surface area contributed by atoms with Crippen molar-refractivity contribution in [3.05, 3.63) is 27.4 Å². The molecule has 0 heterocycles. The summed E-state index contributed by atoms with van der Waals surface area (Å²) in [7, 11) is -3.72. The lowest BCUT2D eigenvalue weighted by molar-refractivity contribution is 0.564. The average molecular weight is 360 g/mol. The molecule has 2 N–H and O–H groups in total. The van der Waals surface area contributed by atoms with Crippen molar-refractivity contribution in [3.8, 4) is 0 Å². The Labute approximate surface area is 119 Å². The lowest BCUT2D eigenvalue weighted by Crippen LogP contribution is -2.33. The van der Waals surface area contributed by atoms with Gasteiger partial charge in [-0.3, -0.25) is 4.72 Å². The van der Waals surface area contributed by atoms with Crippen LogP contribution in [0.1, 0.15) is 13.8 Å². The second kappa shape index (κ2) is 6.18. The Hall–Kier alpha value is -0.370. The zero-order valence-corrected chi connectivity index (χ0v) is 13.0. The summed E-state index contributed by atoms with van der Waals surface area (Å²) in [5.74, 6) is -0.376. The SMILES string of the molecule is CC(C)CNS(=O)(=O)Nc1c(Cl)cc(F)cc1Br. The van der Waals surface area contributed by atoms with Crippen LogP contribution >= 0.6 is 27.5 Å². The van der Waals surface area contributed by atoms with E-state index >= 15 is 0 Å². The molecule has 0 bridgehead atoms. The Morgan fingerprint density at radius 3 is 2.56 bits per heavy atom. The number of benzene rings is 1. The van der Waals surface area contributed by atoms with Crippen molar-refractivity contribution in [2.24, 2.45) is 5.92 Å². The summed E-state index contributed by atoms with van der Waals surface area (Å²) in [5.41, 5.74) is 0.106. The molecule has 4 nitrogen and oxygen atoms in total. The van der Waals surface area contributed by atoms with Gasteiger partial charge in [0.15, 0.2) is 0 Å². The first-order chi connectivity index (χ1) is 8.21. The summed E-state index contributed by atoms with van der Waals surface area (Å²) >= 11 is 8.83. The number of nitrogens with one attached hydrogen (secondary N) is 2. The highest BCUT2D eigenvalue weighted by atomic mass is 79.9. The first kappa shape index (κ1) is 15.7. The lowest BCUT2D eigenvalue weighted by atomic mass is 10.2. The van der Waals surface area contributed by atoms with E-state index < -0.39 is 16.0 Å². The molecule has 0 spiro atoms. The topological polar surface area (TPSA) is 58.2 Å². The quantitative estimate of drug-likeness (QED) is 0.848. The molecule has 0 fully saturated rings. The van der Waals surface area contributed by atoms with Gasteiger partial charge in [0, 0.05) is 11.0 Å². The van der Waals surface area contributed by atoms with Gasteiger partial charge in [-0.25, -0.2) is 4.39 Å². The van der Waals surface area contributed by atoms with E-state index in [2.05, 4.69) is 25.4 Å². The van der Waals surface area contributed by atoms with Crippen LogP contribution in [0.2, 0.25) is 5.02 Å². The van der Waals surface area contributed by atoms with E-state index in [1.807, 2.05) is 13.8 Å². The molecule has 8 heteroatoms. The van der Waals surface area contributed by atoms with Crippen LogP contribution in [-0.4, -0.2) is 15.0 Å². The average Bonchev–Trinajstić information content (AvgIpc) is 2.21.